The summed E-state index contributed by atoms with van der Waals surface area (Å²) >= 11 is 2.81. The van der Waals surface area contributed by atoms with Crippen molar-refractivity contribution in [1.82, 2.24) is 10.2 Å². The van der Waals surface area contributed by atoms with E-state index in [0.29, 0.717) is 28.8 Å². The summed E-state index contributed by atoms with van der Waals surface area (Å²) in [6.45, 7) is 4.40. The number of nitriles is 1. The van der Waals surface area contributed by atoms with E-state index in [2.05, 4.69) is 15.5 Å². The Morgan fingerprint density at radius 2 is 2.19 bits per heavy atom. The van der Waals surface area contributed by atoms with Crippen molar-refractivity contribution < 1.29 is 14.3 Å². The van der Waals surface area contributed by atoms with Gasteiger partial charge in [0.25, 0.3) is 5.91 Å². The molecule has 2 rings (SSSR count). The highest BCUT2D eigenvalue weighted by Crippen LogP contribution is 2.29. The Kier molecular flexibility index (Phi) is 7.44. The zero-order chi connectivity index (χ0) is 18.9. The number of rotatable bonds is 8. The molecule has 1 aromatic carbocycles. The van der Waals surface area contributed by atoms with Gasteiger partial charge in [0.05, 0.1) is 13.7 Å². The van der Waals surface area contributed by atoms with Crippen LogP contribution in [0.15, 0.2) is 28.1 Å². The van der Waals surface area contributed by atoms with Gasteiger partial charge in [-0.25, -0.2) is 0 Å². The average molecular weight is 390 g/mol. The molecule has 0 aliphatic heterocycles. The van der Waals surface area contributed by atoms with Crippen molar-refractivity contribution in [2.24, 2.45) is 0 Å². The van der Waals surface area contributed by atoms with Crippen LogP contribution in [-0.4, -0.2) is 35.6 Å². The van der Waals surface area contributed by atoms with Gasteiger partial charge in [0.1, 0.15) is 11.6 Å². The predicted molar refractivity (Wildman–Crippen MR) is 103 cm³/mol. The molecule has 0 aliphatic carbocycles. The van der Waals surface area contributed by atoms with Gasteiger partial charge in [0.15, 0.2) is 15.8 Å². The molecule has 0 bridgehead atoms. The van der Waals surface area contributed by atoms with Crippen molar-refractivity contribution in [3.05, 3.63) is 29.3 Å². The van der Waals surface area contributed by atoms with Crippen LogP contribution < -0.4 is 14.8 Å². The first-order chi connectivity index (χ1) is 12.6. The Balaban J connectivity index is 2.18. The molecule has 136 valence electrons. The van der Waals surface area contributed by atoms with Crippen LogP contribution in [0.2, 0.25) is 0 Å². The number of hydrogen-bond donors (Lipinski definition) is 1. The summed E-state index contributed by atoms with van der Waals surface area (Å²) in [5.74, 6) is 1.46. The van der Waals surface area contributed by atoms with Crippen molar-refractivity contribution in [2.45, 2.75) is 18.2 Å². The fourth-order valence-corrected chi connectivity index (χ4v) is 3.61. The number of amides is 1. The molecule has 0 aliphatic rings. The molecule has 0 radical (unpaired) electrons. The second-order valence-corrected chi connectivity index (χ2v) is 7.26. The highest BCUT2D eigenvalue weighted by atomic mass is 32.2. The minimum absolute atomic E-state index is 0.0453. The highest BCUT2D eigenvalue weighted by molar-refractivity contribution is 8.01. The summed E-state index contributed by atoms with van der Waals surface area (Å²) in [7, 11) is 1.53. The van der Waals surface area contributed by atoms with Crippen LogP contribution in [-0.2, 0) is 4.79 Å². The lowest BCUT2D eigenvalue weighted by atomic mass is 10.1. The van der Waals surface area contributed by atoms with Crippen molar-refractivity contribution in [1.29, 1.82) is 5.26 Å². The maximum atomic E-state index is 12.3. The molecule has 1 N–H and O–H groups in total. The van der Waals surface area contributed by atoms with Gasteiger partial charge >= 0.3 is 0 Å². The van der Waals surface area contributed by atoms with E-state index in [-0.39, 0.29) is 5.57 Å². The smallest absolute Gasteiger partial charge is 0.268 e. The lowest BCUT2D eigenvalue weighted by molar-refractivity contribution is -0.112. The van der Waals surface area contributed by atoms with Crippen LogP contribution in [0, 0.1) is 11.3 Å². The molecule has 0 atom stereocenters. The van der Waals surface area contributed by atoms with E-state index in [9.17, 15) is 10.1 Å². The standard InChI is InChI=1S/C17H18N4O3S2/c1-4-24-13-7-6-11(9-14(13)23-3)8-12(10-18)15(22)19-16-20-21-17(26-16)25-5-2/h6-9H,4-5H2,1-3H3,(H,19,20,22)/b12-8+. The minimum atomic E-state index is -0.537. The maximum absolute atomic E-state index is 12.3. The number of ether oxygens (including phenoxy) is 2. The van der Waals surface area contributed by atoms with Gasteiger partial charge in [-0.05, 0) is 36.4 Å². The van der Waals surface area contributed by atoms with E-state index in [1.54, 1.807) is 18.2 Å². The van der Waals surface area contributed by atoms with Gasteiger partial charge in [-0.3, -0.25) is 10.1 Å². The number of carbonyl (C=O) groups excluding carboxylic acids is 1. The van der Waals surface area contributed by atoms with Crippen molar-refractivity contribution >= 4 is 40.2 Å². The Bertz CT molecular complexity index is 843. The first kappa shape index (κ1) is 19.8. The van der Waals surface area contributed by atoms with Gasteiger partial charge < -0.3 is 9.47 Å². The van der Waals surface area contributed by atoms with E-state index in [1.165, 1.54) is 36.3 Å². The Hall–Kier alpha value is -2.57. The number of methoxy groups -OCH3 is 1. The Morgan fingerprint density at radius 3 is 2.85 bits per heavy atom. The average Bonchev–Trinajstić information content (AvgIpc) is 3.08. The summed E-state index contributed by atoms with van der Waals surface area (Å²) in [6.07, 6.45) is 1.48. The van der Waals surface area contributed by atoms with Crippen LogP contribution in [0.25, 0.3) is 6.08 Å². The molecule has 1 heterocycles. The first-order valence-corrected chi connectivity index (χ1v) is 9.61. The third kappa shape index (κ3) is 5.21. The number of carbonyl (C=O) groups is 1. The third-order valence-corrected chi connectivity index (χ3v) is 4.91. The summed E-state index contributed by atoms with van der Waals surface area (Å²) in [5, 5.41) is 20.1. The lowest BCUT2D eigenvalue weighted by Crippen LogP contribution is -2.13. The number of thioether (sulfide) groups is 1. The maximum Gasteiger partial charge on any atom is 0.268 e. The van der Waals surface area contributed by atoms with E-state index in [1.807, 2.05) is 19.9 Å². The van der Waals surface area contributed by atoms with Gasteiger partial charge in [-0.2, -0.15) is 5.26 Å². The molecule has 1 amide bonds. The zero-order valence-corrected chi connectivity index (χ0v) is 16.2. The molecule has 0 saturated carbocycles. The van der Waals surface area contributed by atoms with Gasteiger partial charge in [-0.1, -0.05) is 36.1 Å². The van der Waals surface area contributed by atoms with Gasteiger partial charge in [-0.15, -0.1) is 10.2 Å². The number of anilines is 1. The second kappa shape index (κ2) is 9.79. The molecule has 0 fully saturated rings. The Morgan fingerprint density at radius 1 is 1.38 bits per heavy atom. The number of nitrogens with one attached hydrogen (secondary N) is 1. The van der Waals surface area contributed by atoms with E-state index in [0.717, 1.165) is 10.1 Å². The molecule has 2 aromatic rings. The lowest BCUT2D eigenvalue weighted by Gasteiger charge is -2.09. The minimum Gasteiger partial charge on any atom is -0.493 e. The number of aromatic nitrogens is 2. The quantitative estimate of drug-likeness (QED) is 0.318. The topological polar surface area (TPSA) is 97.1 Å². The summed E-state index contributed by atoms with van der Waals surface area (Å²) in [6, 6.07) is 7.10. The van der Waals surface area contributed by atoms with Crippen molar-refractivity contribution in [3.63, 3.8) is 0 Å². The van der Waals surface area contributed by atoms with Crippen LogP contribution >= 0.6 is 23.1 Å². The van der Waals surface area contributed by atoms with Crippen LogP contribution in [0.5, 0.6) is 11.5 Å². The SMILES string of the molecule is CCOc1ccc(/C=C(\C#N)C(=O)Nc2nnc(SCC)s2)cc1OC. The van der Waals surface area contributed by atoms with Crippen molar-refractivity contribution in [2.75, 3.05) is 24.8 Å². The van der Waals surface area contributed by atoms with Gasteiger partial charge in [0.2, 0.25) is 5.13 Å². The third-order valence-electron chi connectivity index (χ3n) is 3.06. The van der Waals surface area contributed by atoms with Crippen LogP contribution in [0.3, 0.4) is 0 Å². The monoisotopic (exact) mass is 390 g/mol. The van der Waals surface area contributed by atoms with E-state index >= 15 is 0 Å². The number of benzene rings is 1. The highest BCUT2D eigenvalue weighted by Gasteiger charge is 2.13. The summed E-state index contributed by atoms with van der Waals surface area (Å²) < 4.78 is 11.5. The first-order valence-electron chi connectivity index (χ1n) is 7.81. The van der Waals surface area contributed by atoms with E-state index in [4.69, 9.17) is 9.47 Å². The largest absolute Gasteiger partial charge is 0.493 e. The zero-order valence-electron chi connectivity index (χ0n) is 14.6. The Labute approximate surface area is 160 Å². The number of hydrogen-bond acceptors (Lipinski definition) is 8. The molecule has 26 heavy (non-hydrogen) atoms. The summed E-state index contributed by atoms with van der Waals surface area (Å²) in [4.78, 5) is 12.3. The van der Waals surface area contributed by atoms with Crippen molar-refractivity contribution in [3.8, 4) is 17.6 Å². The molecule has 9 heteroatoms. The molecule has 1 aromatic heterocycles. The van der Waals surface area contributed by atoms with Gasteiger partial charge in [0, 0.05) is 0 Å². The second-order valence-electron chi connectivity index (χ2n) is 4.77. The number of nitrogens with zero attached hydrogens (tertiary/aromatic N) is 3. The normalized spacial score (nSPS) is 10.9. The molecule has 0 saturated heterocycles. The molecular weight excluding hydrogens is 372 g/mol. The predicted octanol–water partition coefficient (Wildman–Crippen LogP) is 3.60. The summed E-state index contributed by atoms with van der Waals surface area (Å²) in [5.41, 5.74) is 0.604. The van der Waals surface area contributed by atoms with Crippen LogP contribution in [0.4, 0.5) is 5.13 Å². The molecular formula is C17H18N4O3S2. The molecule has 7 nitrogen and oxygen atoms in total. The van der Waals surface area contributed by atoms with E-state index < -0.39 is 5.91 Å². The molecule has 0 spiro atoms. The van der Waals surface area contributed by atoms with Crippen LogP contribution in [0.1, 0.15) is 19.4 Å². The fraction of sp³-hybridized carbons (Fsp3) is 0.294. The molecule has 0 unspecified atom stereocenters. The fourth-order valence-electron chi connectivity index (χ4n) is 1.97.